The van der Waals surface area contributed by atoms with Gasteiger partial charge in [0.1, 0.15) is 6.04 Å². The van der Waals surface area contributed by atoms with Gasteiger partial charge in [0.15, 0.2) is 0 Å². The van der Waals surface area contributed by atoms with Crippen molar-refractivity contribution in [2.45, 2.75) is 64.5 Å². The number of benzene rings is 2. The molecule has 1 aromatic heterocycles. The van der Waals surface area contributed by atoms with Gasteiger partial charge in [0, 0.05) is 36.4 Å². The first-order valence-electron chi connectivity index (χ1n) is 12.9. The molecule has 4 rings (SSSR count). The first-order valence-corrected chi connectivity index (χ1v) is 12.9. The lowest BCUT2D eigenvalue weighted by molar-refractivity contribution is -0.126. The summed E-state index contributed by atoms with van der Waals surface area (Å²) in [5, 5.41) is 18.5. The number of hydrogen-bond acceptors (Lipinski definition) is 6. The number of hydrogen-bond donors (Lipinski definition) is 2. The van der Waals surface area contributed by atoms with Gasteiger partial charge in [-0.1, -0.05) is 56.2 Å². The summed E-state index contributed by atoms with van der Waals surface area (Å²) in [7, 11) is 0. The lowest BCUT2D eigenvalue weighted by atomic mass is 10.1. The molecule has 0 spiro atoms. The zero-order chi connectivity index (χ0) is 25.2. The van der Waals surface area contributed by atoms with Crippen molar-refractivity contribution in [1.82, 2.24) is 25.5 Å². The van der Waals surface area contributed by atoms with Crippen LogP contribution in [0.1, 0.15) is 51.9 Å². The van der Waals surface area contributed by atoms with Crippen LogP contribution in [-0.2, 0) is 16.1 Å². The first kappa shape index (κ1) is 25.3. The van der Waals surface area contributed by atoms with Gasteiger partial charge in [0.05, 0.1) is 6.54 Å². The van der Waals surface area contributed by atoms with Crippen LogP contribution in [0.25, 0.3) is 11.4 Å². The van der Waals surface area contributed by atoms with Crippen LogP contribution in [0, 0.1) is 0 Å². The van der Waals surface area contributed by atoms with Gasteiger partial charge in [-0.2, -0.15) is 4.80 Å². The Bertz CT molecular complexity index is 1130. The van der Waals surface area contributed by atoms with Gasteiger partial charge in [-0.25, -0.2) is 0 Å². The van der Waals surface area contributed by atoms with E-state index in [4.69, 9.17) is 0 Å². The van der Waals surface area contributed by atoms with Crippen LogP contribution in [0.4, 0.5) is 11.4 Å². The molecule has 2 amide bonds. The lowest BCUT2D eigenvalue weighted by Gasteiger charge is -2.21. The number of carbonyl (C=O) groups is 2. The van der Waals surface area contributed by atoms with Crippen LogP contribution in [0.2, 0.25) is 0 Å². The van der Waals surface area contributed by atoms with Crippen LogP contribution < -0.4 is 15.5 Å². The Morgan fingerprint density at radius 2 is 1.83 bits per heavy atom. The van der Waals surface area contributed by atoms with Crippen molar-refractivity contribution >= 4 is 23.2 Å². The molecule has 9 nitrogen and oxygen atoms in total. The highest BCUT2D eigenvalue weighted by atomic mass is 16.2. The molecule has 3 aromatic rings. The molecule has 9 heteroatoms. The largest absolute Gasteiger partial charge is 0.371 e. The van der Waals surface area contributed by atoms with Crippen molar-refractivity contribution in [1.29, 1.82) is 0 Å². The van der Waals surface area contributed by atoms with Gasteiger partial charge < -0.3 is 15.5 Å². The number of rotatable bonds is 12. The highest BCUT2D eigenvalue weighted by molar-refractivity contribution is 5.97. The third kappa shape index (κ3) is 7.13. The molecule has 0 bridgehead atoms. The maximum absolute atomic E-state index is 13.0. The smallest absolute Gasteiger partial charge is 0.246 e. The van der Waals surface area contributed by atoms with E-state index < -0.39 is 6.04 Å². The second-order valence-corrected chi connectivity index (χ2v) is 9.17. The van der Waals surface area contributed by atoms with E-state index >= 15 is 0 Å². The van der Waals surface area contributed by atoms with Crippen molar-refractivity contribution in [2.75, 3.05) is 23.3 Å². The fourth-order valence-electron chi connectivity index (χ4n) is 4.35. The van der Waals surface area contributed by atoms with E-state index in [2.05, 4.69) is 43.9 Å². The van der Waals surface area contributed by atoms with E-state index in [1.165, 1.54) is 17.6 Å². The minimum Gasteiger partial charge on any atom is -0.371 e. The Balaban J connectivity index is 1.28. The van der Waals surface area contributed by atoms with Crippen LogP contribution in [-0.4, -0.2) is 51.2 Å². The Kier molecular flexibility index (Phi) is 9.02. The molecule has 0 radical (unpaired) electrons. The molecule has 1 unspecified atom stereocenters. The van der Waals surface area contributed by atoms with Gasteiger partial charge >= 0.3 is 0 Å². The molecule has 36 heavy (non-hydrogen) atoms. The molecule has 1 aliphatic heterocycles. The first-order chi connectivity index (χ1) is 17.6. The van der Waals surface area contributed by atoms with Crippen molar-refractivity contribution in [3.8, 4) is 11.4 Å². The van der Waals surface area contributed by atoms with Crippen molar-refractivity contribution in [3.63, 3.8) is 0 Å². The highest BCUT2D eigenvalue weighted by Crippen LogP contribution is 2.23. The van der Waals surface area contributed by atoms with E-state index in [9.17, 15) is 9.59 Å². The minimum absolute atomic E-state index is 0.152. The van der Waals surface area contributed by atoms with E-state index in [-0.39, 0.29) is 18.2 Å². The summed E-state index contributed by atoms with van der Waals surface area (Å²) in [6.45, 7) is 4.64. The summed E-state index contributed by atoms with van der Waals surface area (Å²) in [5.74, 6) is 0.228. The molecule has 1 fully saturated rings. The second kappa shape index (κ2) is 12.8. The molecule has 1 atom stereocenters. The molecule has 2 heterocycles. The number of amides is 2. The number of aryl methyl sites for hydroxylation is 1. The molecule has 1 saturated heterocycles. The number of nitrogens with one attached hydrogen (secondary N) is 2. The fourth-order valence-corrected chi connectivity index (χ4v) is 4.35. The summed E-state index contributed by atoms with van der Waals surface area (Å²) in [4.78, 5) is 29.5. The van der Waals surface area contributed by atoms with E-state index in [1.54, 1.807) is 0 Å². The molecule has 0 saturated carbocycles. The molecule has 0 aliphatic carbocycles. The van der Waals surface area contributed by atoms with Gasteiger partial charge in [-0.05, 0) is 49.1 Å². The number of aromatic nitrogens is 4. The molecular formula is C27H35N7O2. The van der Waals surface area contributed by atoms with Crippen LogP contribution >= 0.6 is 0 Å². The van der Waals surface area contributed by atoms with Crippen molar-refractivity contribution in [2.24, 2.45) is 0 Å². The maximum atomic E-state index is 13.0. The third-order valence-electron chi connectivity index (χ3n) is 6.33. The normalized spacial score (nSPS) is 14.0. The van der Waals surface area contributed by atoms with Crippen LogP contribution in [0.3, 0.4) is 0 Å². The summed E-state index contributed by atoms with van der Waals surface area (Å²) in [6.07, 6.45) is 5.64. The molecular weight excluding hydrogens is 454 g/mol. The highest BCUT2D eigenvalue weighted by Gasteiger charge is 2.21. The van der Waals surface area contributed by atoms with E-state index in [0.717, 1.165) is 42.9 Å². The average molecular weight is 490 g/mol. The van der Waals surface area contributed by atoms with Gasteiger partial charge in [-0.3, -0.25) is 9.59 Å². The second-order valence-electron chi connectivity index (χ2n) is 9.17. The monoisotopic (exact) mass is 489 g/mol. The van der Waals surface area contributed by atoms with Gasteiger partial charge in [0.25, 0.3) is 0 Å². The summed E-state index contributed by atoms with van der Waals surface area (Å²) < 4.78 is 0. The average Bonchev–Trinajstić information content (AvgIpc) is 3.60. The molecule has 2 N–H and O–H groups in total. The van der Waals surface area contributed by atoms with E-state index in [0.29, 0.717) is 25.2 Å². The predicted octanol–water partition coefficient (Wildman–Crippen LogP) is 4.03. The number of nitrogens with zero attached hydrogens (tertiary/aromatic N) is 5. The topological polar surface area (TPSA) is 105 Å². The standard InChI is InChI=1S/C27H35N7O2/c1-2-3-15-24(27(36)28-22-13-9-14-23(20-22)33-17-7-8-18-33)29-25(35)16-10-19-34-31-26(30-32-34)21-11-5-4-6-12-21/h4-6,9,11-14,20,24H,2-3,7-8,10,15-19H2,1H3,(H,28,36)(H,29,35). The Labute approximate surface area is 212 Å². The lowest BCUT2D eigenvalue weighted by Crippen LogP contribution is -2.43. The number of tetrazole rings is 1. The zero-order valence-electron chi connectivity index (χ0n) is 20.9. The molecule has 1 aliphatic rings. The summed E-state index contributed by atoms with van der Waals surface area (Å²) >= 11 is 0. The fraction of sp³-hybridized carbons (Fsp3) is 0.444. The van der Waals surface area contributed by atoms with Crippen LogP contribution in [0.5, 0.6) is 0 Å². The minimum atomic E-state index is -0.568. The van der Waals surface area contributed by atoms with Gasteiger partial charge in [0.2, 0.25) is 17.6 Å². The van der Waals surface area contributed by atoms with Gasteiger partial charge in [-0.15, -0.1) is 10.2 Å². The summed E-state index contributed by atoms with van der Waals surface area (Å²) in [5.41, 5.74) is 2.78. The Morgan fingerprint density at radius 1 is 1.03 bits per heavy atom. The molecule has 2 aromatic carbocycles. The maximum Gasteiger partial charge on any atom is 0.246 e. The third-order valence-corrected chi connectivity index (χ3v) is 6.33. The number of unbranched alkanes of at least 4 members (excludes halogenated alkanes) is 1. The predicted molar refractivity (Wildman–Crippen MR) is 140 cm³/mol. The summed E-state index contributed by atoms with van der Waals surface area (Å²) in [6, 6.07) is 17.0. The molecule has 190 valence electrons. The van der Waals surface area contributed by atoms with Crippen LogP contribution in [0.15, 0.2) is 54.6 Å². The van der Waals surface area contributed by atoms with Crippen molar-refractivity contribution in [3.05, 3.63) is 54.6 Å². The number of carbonyl (C=O) groups excluding carboxylic acids is 2. The zero-order valence-corrected chi connectivity index (χ0v) is 20.9. The van der Waals surface area contributed by atoms with E-state index in [1.807, 2.05) is 48.5 Å². The van der Waals surface area contributed by atoms with Crippen molar-refractivity contribution < 1.29 is 9.59 Å². The Morgan fingerprint density at radius 3 is 2.61 bits per heavy atom. The number of anilines is 2. The quantitative estimate of drug-likeness (QED) is 0.398. The SMILES string of the molecule is CCCCC(NC(=O)CCCn1nnc(-c2ccccc2)n1)C(=O)Nc1cccc(N2CCCC2)c1. The Hall–Kier alpha value is -3.75.